The Hall–Kier alpha value is -1.82. The van der Waals surface area contributed by atoms with Crippen molar-refractivity contribution < 1.29 is 9.47 Å². The van der Waals surface area contributed by atoms with Crippen LogP contribution in [0.5, 0.6) is 5.88 Å². The van der Waals surface area contributed by atoms with Gasteiger partial charge in [0.2, 0.25) is 5.88 Å². The Kier molecular flexibility index (Phi) is 9.84. The molecule has 0 unspecified atom stereocenters. The summed E-state index contributed by atoms with van der Waals surface area (Å²) >= 11 is 0. The van der Waals surface area contributed by atoms with Crippen LogP contribution in [0.2, 0.25) is 0 Å². The van der Waals surface area contributed by atoms with Crippen LogP contribution in [-0.2, 0) is 11.3 Å². The first-order valence-corrected chi connectivity index (χ1v) is 8.65. The maximum atomic E-state index is 5.58. The number of guanidine groups is 1. The summed E-state index contributed by atoms with van der Waals surface area (Å²) in [6.45, 7) is 11.2. The minimum Gasteiger partial charge on any atom is -0.475 e. The van der Waals surface area contributed by atoms with Gasteiger partial charge in [0.1, 0.15) is 0 Å². The zero-order chi connectivity index (χ0) is 17.8. The van der Waals surface area contributed by atoms with Crippen LogP contribution in [-0.4, -0.2) is 43.9 Å². The second kappa shape index (κ2) is 11.7. The molecule has 0 amide bonds. The van der Waals surface area contributed by atoms with Gasteiger partial charge in [0, 0.05) is 39.0 Å². The van der Waals surface area contributed by atoms with E-state index in [0.717, 1.165) is 31.1 Å². The van der Waals surface area contributed by atoms with E-state index >= 15 is 0 Å². The van der Waals surface area contributed by atoms with Crippen molar-refractivity contribution >= 4 is 5.96 Å². The molecule has 0 aliphatic carbocycles. The molecule has 0 saturated heterocycles. The van der Waals surface area contributed by atoms with Gasteiger partial charge in [0.15, 0.2) is 5.96 Å². The summed E-state index contributed by atoms with van der Waals surface area (Å²) < 4.78 is 11.1. The first kappa shape index (κ1) is 20.2. The largest absolute Gasteiger partial charge is 0.475 e. The molecule has 0 aliphatic heterocycles. The highest BCUT2D eigenvalue weighted by molar-refractivity contribution is 5.79. The molecule has 6 nitrogen and oxygen atoms in total. The van der Waals surface area contributed by atoms with Gasteiger partial charge in [-0.05, 0) is 31.7 Å². The van der Waals surface area contributed by atoms with Crippen LogP contribution in [0.4, 0.5) is 0 Å². The Morgan fingerprint density at radius 3 is 2.54 bits per heavy atom. The van der Waals surface area contributed by atoms with E-state index < -0.39 is 0 Å². The second-order valence-corrected chi connectivity index (χ2v) is 6.32. The normalized spacial score (nSPS) is 11.9. The van der Waals surface area contributed by atoms with Crippen LogP contribution < -0.4 is 15.4 Å². The summed E-state index contributed by atoms with van der Waals surface area (Å²) in [7, 11) is 1.76. The third kappa shape index (κ3) is 9.35. The molecule has 0 aromatic carbocycles. The van der Waals surface area contributed by atoms with Gasteiger partial charge in [0.05, 0.1) is 12.7 Å². The molecule has 0 bridgehead atoms. The highest BCUT2D eigenvalue weighted by atomic mass is 16.5. The third-order valence-corrected chi connectivity index (χ3v) is 3.22. The molecule has 24 heavy (non-hydrogen) atoms. The summed E-state index contributed by atoms with van der Waals surface area (Å²) in [4.78, 5) is 8.49. The number of nitrogens with zero attached hydrogens (tertiary/aromatic N) is 2. The number of rotatable bonds is 10. The monoisotopic (exact) mass is 336 g/mol. The number of ether oxygens (including phenoxy) is 2. The van der Waals surface area contributed by atoms with Crippen LogP contribution in [0.3, 0.4) is 0 Å². The average Bonchev–Trinajstić information content (AvgIpc) is 2.54. The van der Waals surface area contributed by atoms with Crippen molar-refractivity contribution in [2.24, 2.45) is 10.9 Å². The fourth-order valence-electron chi connectivity index (χ4n) is 1.90. The fourth-order valence-corrected chi connectivity index (χ4v) is 1.90. The van der Waals surface area contributed by atoms with Crippen LogP contribution in [0.25, 0.3) is 0 Å². The highest BCUT2D eigenvalue weighted by Gasteiger charge is 2.01. The molecule has 2 N–H and O–H groups in total. The minimum atomic E-state index is 0.132. The van der Waals surface area contributed by atoms with Gasteiger partial charge in [-0.25, -0.2) is 4.98 Å². The van der Waals surface area contributed by atoms with Crippen molar-refractivity contribution in [3.05, 3.63) is 23.9 Å². The van der Waals surface area contributed by atoms with E-state index in [4.69, 9.17) is 9.47 Å². The van der Waals surface area contributed by atoms with Gasteiger partial charge in [-0.15, -0.1) is 0 Å². The van der Waals surface area contributed by atoms with Crippen molar-refractivity contribution in [3.63, 3.8) is 0 Å². The molecule has 1 aromatic heterocycles. The fraction of sp³-hybridized carbons (Fsp3) is 0.667. The number of hydrogen-bond acceptors (Lipinski definition) is 4. The topological polar surface area (TPSA) is 67.8 Å². The van der Waals surface area contributed by atoms with Gasteiger partial charge in [-0.2, -0.15) is 0 Å². The zero-order valence-electron chi connectivity index (χ0n) is 15.6. The van der Waals surface area contributed by atoms with E-state index in [1.165, 1.54) is 0 Å². The zero-order valence-corrected chi connectivity index (χ0v) is 15.6. The molecule has 0 spiro atoms. The Balaban J connectivity index is 2.23. The number of nitrogens with one attached hydrogen (secondary N) is 2. The standard InChI is InChI=1S/C18H32N4O2/c1-14(2)8-10-23-11-9-20-18(19-5)22-13-16-6-7-17(21-12-16)24-15(3)4/h6-7,12,14-15H,8-11,13H2,1-5H3,(H2,19,20,22). The summed E-state index contributed by atoms with van der Waals surface area (Å²) in [6, 6.07) is 3.88. The Morgan fingerprint density at radius 1 is 1.17 bits per heavy atom. The van der Waals surface area contributed by atoms with Crippen molar-refractivity contribution in [1.29, 1.82) is 0 Å². The van der Waals surface area contributed by atoms with E-state index in [2.05, 4.69) is 34.5 Å². The summed E-state index contributed by atoms with van der Waals surface area (Å²) in [6.07, 6.45) is 3.04. The first-order valence-electron chi connectivity index (χ1n) is 8.65. The smallest absolute Gasteiger partial charge is 0.213 e. The molecule has 0 saturated carbocycles. The quantitative estimate of drug-likeness (QED) is 0.390. The SMILES string of the molecule is CN=C(NCCOCCC(C)C)NCc1ccc(OC(C)C)nc1. The van der Waals surface area contributed by atoms with Gasteiger partial charge in [-0.3, -0.25) is 4.99 Å². The van der Waals surface area contributed by atoms with Gasteiger partial charge >= 0.3 is 0 Å². The van der Waals surface area contributed by atoms with Crippen LogP contribution in [0.1, 0.15) is 39.7 Å². The van der Waals surface area contributed by atoms with Gasteiger partial charge in [0.25, 0.3) is 0 Å². The number of pyridine rings is 1. The summed E-state index contributed by atoms with van der Waals surface area (Å²) in [5, 5.41) is 6.49. The lowest BCUT2D eigenvalue weighted by atomic mass is 10.1. The van der Waals surface area contributed by atoms with E-state index in [0.29, 0.717) is 24.9 Å². The predicted octanol–water partition coefficient (Wildman–Crippen LogP) is 2.60. The van der Waals surface area contributed by atoms with Crippen molar-refractivity contribution in [3.8, 4) is 5.88 Å². The molecular formula is C18H32N4O2. The van der Waals surface area contributed by atoms with Crippen LogP contribution in [0.15, 0.2) is 23.3 Å². The molecule has 0 atom stereocenters. The van der Waals surface area contributed by atoms with E-state index in [1.807, 2.05) is 32.2 Å². The van der Waals surface area contributed by atoms with Crippen molar-refractivity contribution in [1.82, 2.24) is 15.6 Å². The molecule has 0 aliphatic rings. The average molecular weight is 336 g/mol. The lowest BCUT2D eigenvalue weighted by Crippen LogP contribution is -2.38. The molecule has 1 heterocycles. The van der Waals surface area contributed by atoms with E-state index in [9.17, 15) is 0 Å². The predicted molar refractivity (Wildman–Crippen MR) is 98.5 cm³/mol. The van der Waals surface area contributed by atoms with Crippen molar-refractivity contribution in [2.45, 2.75) is 46.8 Å². The van der Waals surface area contributed by atoms with Gasteiger partial charge < -0.3 is 20.1 Å². The number of aromatic nitrogens is 1. The van der Waals surface area contributed by atoms with Gasteiger partial charge in [-0.1, -0.05) is 19.9 Å². The molecule has 0 radical (unpaired) electrons. The summed E-state index contributed by atoms with van der Waals surface area (Å²) in [5.41, 5.74) is 1.07. The molecule has 1 aromatic rings. The Bertz CT molecular complexity index is 472. The number of hydrogen-bond donors (Lipinski definition) is 2. The minimum absolute atomic E-state index is 0.132. The maximum Gasteiger partial charge on any atom is 0.213 e. The van der Waals surface area contributed by atoms with Crippen LogP contribution >= 0.6 is 0 Å². The Labute approximate surface area is 146 Å². The van der Waals surface area contributed by atoms with Crippen molar-refractivity contribution in [2.75, 3.05) is 26.8 Å². The lowest BCUT2D eigenvalue weighted by Gasteiger charge is -2.13. The maximum absolute atomic E-state index is 5.58. The van der Waals surface area contributed by atoms with E-state index in [-0.39, 0.29) is 6.10 Å². The molecular weight excluding hydrogens is 304 g/mol. The van der Waals surface area contributed by atoms with E-state index in [1.54, 1.807) is 7.05 Å². The molecule has 0 fully saturated rings. The molecule has 6 heteroatoms. The Morgan fingerprint density at radius 2 is 1.96 bits per heavy atom. The van der Waals surface area contributed by atoms with Crippen LogP contribution in [0, 0.1) is 5.92 Å². The third-order valence-electron chi connectivity index (χ3n) is 3.22. The molecule has 1 rings (SSSR count). The summed E-state index contributed by atoms with van der Waals surface area (Å²) in [5.74, 6) is 2.08. The lowest BCUT2D eigenvalue weighted by molar-refractivity contribution is 0.128. The second-order valence-electron chi connectivity index (χ2n) is 6.32. The highest BCUT2D eigenvalue weighted by Crippen LogP contribution is 2.09. The number of aliphatic imine (C=N–C) groups is 1. The first-order chi connectivity index (χ1) is 11.5. The molecule has 136 valence electrons.